The minimum Gasteiger partial charge on any atom is -0.345 e. The van der Waals surface area contributed by atoms with Crippen LogP contribution in [0.4, 0.5) is 5.69 Å². The second kappa shape index (κ2) is 5.82. The molecule has 0 radical (unpaired) electrons. The van der Waals surface area contributed by atoms with Crippen molar-refractivity contribution in [2.45, 2.75) is 11.8 Å². The summed E-state index contributed by atoms with van der Waals surface area (Å²) in [6.45, 7) is 1.73. The first-order valence-corrected chi connectivity index (χ1v) is 6.10. The number of anilines is 1. The van der Waals surface area contributed by atoms with Gasteiger partial charge in [0.1, 0.15) is 0 Å². The van der Waals surface area contributed by atoms with Crippen LogP contribution in [-0.4, -0.2) is 35.6 Å². The fourth-order valence-corrected chi connectivity index (χ4v) is 1.37. The van der Waals surface area contributed by atoms with Crippen molar-refractivity contribution >= 4 is 33.4 Å². The van der Waals surface area contributed by atoms with Gasteiger partial charge in [-0.1, -0.05) is 28.1 Å². The van der Waals surface area contributed by atoms with E-state index in [9.17, 15) is 9.59 Å². The molecule has 0 saturated heterocycles. The predicted molar refractivity (Wildman–Crippen MR) is 71.5 cm³/mol. The van der Waals surface area contributed by atoms with Gasteiger partial charge in [0.2, 0.25) is 5.91 Å². The first kappa shape index (κ1) is 13.7. The van der Waals surface area contributed by atoms with Crippen molar-refractivity contribution in [2.24, 2.45) is 0 Å². The number of amides is 2. The van der Waals surface area contributed by atoms with Crippen LogP contribution in [0.2, 0.25) is 0 Å². The number of benzene rings is 1. The van der Waals surface area contributed by atoms with Crippen LogP contribution in [0.15, 0.2) is 24.3 Å². The second-order valence-corrected chi connectivity index (χ2v) is 5.22. The van der Waals surface area contributed by atoms with Gasteiger partial charge in [0.15, 0.2) is 0 Å². The number of halogens is 1. The molecule has 0 fully saturated rings. The largest absolute Gasteiger partial charge is 0.345 e. The maximum absolute atomic E-state index is 11.9. The van der Waals surface area contributed by atoms with Crippen molar-refractivity contribution < 1.29 is 9.59 Å². The predicted octanol–water partition coefficient (Wildman–Crippen LogP) is 2.11. The van der Waals surface area contributed by atoms with E-state index < -0.39 is 0 Å². The Morgan fingerprint density at radius 3 is 2.41 bits per heavy atom. The van der Waals surface area contributed by atoms with E-state index in [0.717, 1.165) is 0 Å². The lowest BCUT2D eigenvalue weighted by Gasteiger charge is -2.15. The van der Waals surface area contributed by atoms with E-state index >= 15 is 0 Å². The highest BCUT2D eigenvalue weighted by molar-refractivity contribution is 9.10. The fourth-order valence-electron chi connectivity index (χ4n) is 1.25. The van der Waals surface area contributed by atoms with Crippen LogP contribution in [-0.2, 0) is 4.79 Å². The summed E-state index contributed by atoms with van der Waals surface area (Å²) in [6.07, 6.45) is 0. The topological polar surface area (TPSA) is 49.4 Å². The summed E-state index contributed by atoms with van der Waals surface area (Å²) in [5.41, 5.74) is 1.02. The molecule has 0 aromatic heterocycles. The van der Waals surface area contributed by atoms with Crippen LogP contribution in [0.1, 0.15) is 17.3 Å². The number of rotatable bonds is 3. The Balaban J connectivity index is 3.00. The lowest BCUT2D eigenvalue weighted by molar-refractivity contribution is -0.115. The molecular weight excluding hydrogens is 284 g/mol. The van der Waals surface area contributed by atoms with Gasteiger partial charge in [-0.3, -0.25) is 9.59 Å². The van der Waals surface area contributed by atoms with Gasteiger partial charge < -0.3 is 10.2 Å². The molecule has 0 bridgehead atoms. The van der Waals surface area contributed by atoms with Gasteiger partial charge >= 0.3 is 0 Å². The smallest absolute Gasteiger partial charge is 0.255 e. The Labute approximate surface area is 109 Å². The summed E-state index contributed by atoms with van der Waals surface area (Å²) >= 11 is 3.18. The number of nitrogens with zero attached hydrogens (tertiary/aromatic N) is 1. The van der Waals surface area contributed by atoms with Crippen LogP contribution >= 0.6 is 15.9 Å². The Morgan fingerprint density at radius 2 is 1.88 bits per heavy atom. The minimum atomic E-state index is -0.301. The van der Waals surface area contributed by atoms with Crippen LogP contribution in [0.3, 0.4) is 0 Å². The number of para-hydroxylation sites is 1. The van der Waals surface area contributed by atoms with E-state index in [1.54, 1.807) is 45.3 Å². The van der Waals surface area contributed by atoms with Gasteiger partial charge in [0.05, 0.1) is 16.1 Å². The third kappa shape index (κ3) is 3.56. The number of hydrogen-bond acceptors (Lipinski definition) is 2. The van der Waals surface area contributed by atoms with Gasteiger partial charge in [-0.25, -0.2) is 0 Å². The zero-order chi connectivity index (χ0) is 13.0. The zero-order valence-corrected chi connectivity index (χ0v) is 11.6. The Hall–Kier alpha value is -1.36. The number of nitrogens with one attached hydrogen (secondary N) is 1. The van der Waals surface area contributed by atoms with Crippen molar-refractivity contribution in [1.82, 2.24) is 4.90 Å². The lowest BCUT2D eigenvalue weighted by Crippen LogP contribution is -2.25. The Kier molecular flexibility index (Phi) is 4.69. The highest BCUT2D eigenvalue weighted by atomic mass is 79.9. The monoisotopic (exact) mass is 298 g/mol. The van der Waals surface area contributed by atoms with Crippen molar-refractivity contribution in [2.75, 3.05) is 19.4 Å². The fraction of sp³-hybridized carbons (Fsp3) is 0.333. The first-order valence-electron chi connectivity index (χ1n) is 5.19. The molecule has 1 N–H and O–H groups in total. The Bertz CT molecular complexity index is 430. The molecule has 0 heterocycles. The van der Waals surface area contributed by atoms with E-state index in [2.05, 4.69) is 21.2 Å². The maximum Gasteiger partial charge on any atom is 0.255 e. The zero-order valence-electron chi connectivity index (χ0n) is 10.0. The quantitative estimate of drug-likeness (QED) is 0.869. The highest BCUT2D eigenvalue weighted by Crippen LogP contribution is 2.17. The molecule has 0 aliphatic heterocycles. The Morgan fingerprint density at radius 1 is 1.29 bits per heavy atom. The molecule has 1 atom stereocenters. The molecule has 2 amide bonds. The molecule has 1 aromatic rings. The molecular formula is C12H15BrN2O2. The molecule has 0 spiro atoms. The number of hydrogen-bond donors (Lipinski definition) is 1. The van der Waals surface area contributed by atoms with Crippen molar-refractivity contribution in [3.05, 3.63) is 29.8 Å². The summed E-state index contributed by atoms with van der Waals surface area (Å²) in [6, 6.07) is 6.95. The molecule has 17 heavy (non-hydrogen) atoms. The lowest BCUT2D eigenvalue weighted by atomic mass is 10.1. The van der Waals surface area contributed by atoms with E-state index in [-0.39, 0.29) is 16.6 Å². The van der Waals surface area contributed by atoms with E-state index in [1.807, 2.05) is 0 Å². The van der Waals surface area contributed by atoms with Crippen molar-refractivity contribution in [3.8, 4) is 0 Å². The second-order valence-electron chi connectivity index (χ2n) is 3.85. The van der Waals surface area contributed by atoms with Gasteiger partial charge in [-0.15, -0.1) is 0 Å². The molecule has 0 aliphatic rings. The molecule has 0 aliphatic carbocycles. The summed E-state index contributed by atoms with van der Waals surface area (Å²) in [7, 11) is 3.35. The van der Waals surface area contributed by atoms with Crippen LogP contribution in [0.5, 0.6) is 0 Å². The molecule has 5 heteroatoms. The third-order valence-electron chi connectivity index (χ3n) is 2.18. The van der Waals surface area contributed by atoms with Crippen LogP contribution < -0.4 is 5.32 Å². The maximum atomic E-state index is 11.9. The molecule has 1 rings (SSSR count). The van der Waals surface area contributed by atoms with Gasteiger partial charge in [-0.05, 0) is 19.1 Å². The van der Waals surface area contributed by atoms with Crippen molar-refractivity contribution in [3.63, 3.8) is 0 Å². The summed E-state index contributed by atoms with van der Waals surface area (Å²) in [5.74, 6) is -0.313. The molecule has 92 valence electrons. The summed E-state index contributed by atoms with van der Waals surface area (Å²) in [4.78, 5) is 24.6. The molecule has 1 unspecified atom stereocenters. The number of carbonyl (C=O) groups is 2. The normalized spacial score (nSPS) is 11.8. The van der Waals surface area contributed by atoms with E-state index in [4.69, 9.17) is 0 Å². The summed E-state index contributed by atoms with van der Waals surface area (Å²) < 4.78 is 0. The highest BCUT2D eigenvalue weighted by Gasteiger charge is 2.16. The minimum absolute atomic E-state index is 0.136. The summed E-state index contributed by atoms with van der Waals surface area (Å²) in [5, 5.41) is 2.71. The average molecular weight is 299 g/mol. The van der Waals surface area contributed by atoms with Crippen LogP contribution in [0, 0.1) is 0 Å². The van der Waals surface area contributed by atoms with Gasteiger partial charge in [0.25, 0.3) is 5.91 Å². The average Bonchev–Trinajstić information content (AvgIpc) is 2.28. The van der Waals surface area contributed by atoms with E-state index in [1.165, 1.54) is 4.90 Å². The van der Waals surface area contributed by atoms with Gasteiger partial charge in [0, 0.05) is 14.1 Å². The van der Waals surface area contributed by atoms with Gasteiger partial charge in [-0.2, -0.15) is 0 Å². The standard InChI is InChI=1S/C12H15BrN2O2/c1-8(13)11(16)14-10-7-5-4-6-9(10)12(17)15(2)3/h4-8H,1-3H3,(H,14,16). The van der Waals surface area contributed by atoms with Crippen LogP contribution in [0.25, 0.3) is 0 Å². The number of carbonyl (C=O) groups excluding carboxylic acids is 2. The number of alkyl halides is 1. The van der Waals surface area contributed by atoms with E-state index in [0.29, 0.717) is 11.3 Å². The van der Waals surface area contributed by atoms with Crippen molar-refractivity contribution in [1.29, 1.82) is 0 Å². The SMILES string of the molecule is CC(Br)C(=O)Nc1ccccc1C(=O)N(C)C. The molecule has 4 nitrogen and oxygen atoms in total. The molecule has 1 aromatic carbocycles. The third-order valence-corrected chi connectivity index (χ3v) is 2.60. The first-order chi connectivity index (χ1) is 7.93. The molecule has 0 saturated carbocycles.